The summed E-state index contributed by atoms with van der Waals surface area (Å²) in [4.78, 5) is 2.68. The number of hydrogen-bond donors (Lipinski definition) is 0. The minimum absolute atomic E-state index is 0.901. The molecular weight excluding hydrogens is 170 g/mol. The second-order valence-corrected chi connectivity index (χ2v) is 5.73. The van der Waals surface area contributed by atoms with Crippen LogP contribution in [0.1, 0.15) is 46.0 Å². The summed E-state index contributed by atoms with van der Waals surface area (Å²) in [5.74, 6) is 2.94. The third kappa shape index (κ3) is 2.50. The smallest absolute Gasteiger partial charge is 0.00246 e. The summed E-state index contributed by atoms with van der Waals surface area (Å²) in [5, 5.41) is 0. The molecule has 0 spiro atoms. The molecule has 0 bridgehead atoms. The van der Waals surface area contributed by atoms with Crippen molar-refractivity contribution in [1.29, 1.82) is 0 Å². The van der Waals surface area contributed by atoms with Gasteiger partial charge in [0.05, 0.1) is 0 Å². The summed E-state index contributed by atoms with van der Waals surface area (Å²) >= 11 is 0. The molecule has 0 unspecified atom stereocenters. The van der Waals surface area contributed by atoms with E-state index in [0.29, 0.717) is 0 Å². The third-order valence-corrected chi connectivity index (χ3v) is 4.17. The summed E-state index contributed by atoms with van der Waals surface area (Å²) < 4.78 is 0. The van der Waals surface area contributed by atoms with E-state index in [4.69, 9.17) is 0 Å². The van der Waals surface area contributed by atoms with E-state index in [1.807, 2.05) is 0 Å². The Kier molecular flexibility index (Phi) is 3.48. The Bertz CT molecular complexity index is 164. The van der Waals surface area contributed by atoms with Crippen molar-refractivity contribution >= 4 is 0 Å². The fourth-order valence-electron chi connectivity index (χ4n) is 2.92. The lowest BCUT2D eigenvalue weighted by molar-refractivity contribution is 0.0472. The van der Waals surface area contributed by atoms with E-state index in [-0.39, 0.29) is 0 Å². The summed E-state index contributed by atoms with van der Waals surface area (Å²) in [6.45, 7) is 8.90. The Hall–Kier alpha value is -0.0400. The molecule has 1 heterocycles. The lowest BCUT2D eigenvalue weighted by Gasteiger charge is -2.43. The predicted octanol–water partition coefficient (Wildman–Crippen LogP) is 3.15. The molecule has 0 amide bonds. The minimum Gasteiger partial charge on any atom is -0.302 e. The first-order valence-electron chi connectivity index (χ1n) is 6.48. The van der Waals surface area contributed by atoms with Crippen molar-refractivity contribution in [3.63, 3.8) is 0 Å². The molecule has 14 heavy (non-hydrogen) atoms. The zero-order valence-corrected chi connectivity index (χ0v) is 9.84. The van der Waals surface area contributed by atoms with Crippen LogP contribution in [-0.2, 0) is 0 Å². The van der Waals surface area contributed by atoms with Crippen LogP contribution < -0.4 is 0 Å². The number of hydrogen-bond acceptors (Lipinski definition) is 1. The second-order valence-electron chi connectivity index (χ2n) is 5.73. The minimum atomic E-state index is 0.901. The summed E-state index contributed by atoms with van der Waals surface area (Å²) in [7, 11) is 0. The molecule has 1 aliphatic carbocycles. The van der Waals surface area contributed by atoms with E-state index in [1.54, 1.807) is 0 Å². The lowest BCUT2D eigenvalue weighted by atomic mass is 9.84. The molecule has 0 atom stereocenters. The zero-order valence-electron chi connectivity index (χ0n) is 9.84. The van der Waals surface area contributed by atoms with Gasteiger partial charge in [0.25, 0.3) is 0 Å². The molecule has 0 N–H and O–H groups in total. The summed E-state index contributed by atoms with van der Waals surface area (Å²) in [6.07, 6.45) is 7.48. The van der Waals surface area contributed by atoms with Crippen LogP contribution >= 0.6 is 0 Å². The molecule has 1 saturated carbocycles. The van der Waals surface area contributed by atoms with E-state index >= 15 is 0 Å². The number of nitrogens with zero attached hydrogens (tertiary/aromatic N) is 1. The first-order valence-corrected chi connectivity index (χ1v) is 6.48. The molecule has 1 aliphatic heterocycles. The topological polar surface area (TPSA) is 3.24 Å². The molecule has 0 aromatic heterocycles. The van der Waals surface area contributed by atoms with Gasteiger partial charge in [-0.1, -0.05) is 33.1 Å². The molecule has 1 nitrogen and oxygen atoms in total. The zero-order chi connectivity index (χ0) is 9.97. The number of rotatable bonds is 3. The molecule has 2 aliphatic rings. The fraction of sp³-hybridized carbons (Fsp3) is 1.00. The first-order chi connectivity index (χ1) is 6.75. The molecular formula is C13H25N. The maximum atomic E-state index is 2.68. The maximum Gasteiger partial charge on any atom is 0.00246 e. The van der Waals surface area contributed by atoms with Crippen molar-refractivity contribution in [2.75, 3.05) is 19.6 Å². The van der Waals surface area contributed by atoms with Crippen molar-refractivity contribution < 1.29 is 0 Å². The van der Waals surface area contributed by atoms with Gasteiger partial charge in [-0.25, -0.2) is 0 Å². The van der Waals surface area contributed by atoms with Crippen LogP contribution in [0.3, 0.4) is 0 Å². The molecule has 2 rings (SSSR count). The van der Waals surface area contributed by atoms with Gasteiger partial charge >= 0.3 is 0 Å². The van der Waals surface area contributed by atoms with Gasteiger partial charge in [-0.05, 0) is 30.6 Å². The Morgan fingerprint density at radius 3 is 2.29 bits per heavy atom. The average Bonchev–Trinajstić information content (AvgIpc) is 2.12. The molecule has 1 saturated heterocycles. The highest BCUT2D eigenvalue weighted by Crippen LogP contribution is 2.29. The molecule has 0 radical (unpaired) electrons. The Balaban J connectivity index is 1.63. The molecule has 1 heteroatoms. The summed E-state index contributed by atoms with van der Waals surface area (Å²) in [6, 6.07) is 0. The van der Waals surface area contributed by atoms with Crippen molar-refractivity contribution in [3.05, 3.63) is 0 Å². The van der Waals surface area contributed by atoms with Gasteiger partial charge in [-0.3, -0.25) is 0 Å². The highest BCUT2D eigenvalue weighted by atomic mass is 15.2. The highest BCUT2D eigenvalue weighted by molar-refractivity contribution is 4.83. The lowest BCUT2D eigenvalue weighted by Crippen LogP contribution is -2.50. The maximum absolute atomic E-state index is 2.68. The summed E-state index contributed by atoms with van der Waals surface area (Å²) in [5.41, 5.74) is 0. The second kappa shape index (κ2) is 4.65. The molecule has 2 fully saturated rings. The van der Waals surface area contributed by atoms with Crippen LogP contribution in [0.4, 0.5) is 0 Å². The Labute approximate surface area is 88.9 Å². The average molecular weight is 195 g/mol. The van der Waals surface area contributed by atoms with Crippen LogP contribution in [0.15, 0.2) is 0 Å². The van der Waals surface area contributed by atoms with Crippen molar-refractivity contribution in [2.24, 2.45) is 17.8 Å². The van der Waals surface area contributed by atoms with Crippen LogP contribution in [0, 0.1) is 17.8 Å². The largest absolute Gasteiger partial charge is 0.302 e. The van der Waals surface area contributed by atoms with E-state index in [9.17, 15) is 0 Å². The van der Waals surface area contributed by atoms with E-state index in [2.05, 4.69) is 18.7 Å². The van der Waals surface area contributed by atoms with Crippen molar-refractivity contribution in [2.45, 2.75) is 46.0 Å². The van der Waals surface area contributed by atoms with Crippen LogP contribution in [0.2, 0.25) is 0 Å². The fourth-order valence-corrected chi connectivity index (χ4v) is 2.92. The molecule has 0 aromatic carbocycles. The monoisotopic (exact) mass is 195 g/mol. The van der Waals surface area contributed by atoms with E-state index in [1.165, 1.54) is 51.7 Å². The Morgan fingerprint density at radius 2 is 1.71 bits per heavy atom. The van der Waals surface area contributed by atoms with Crippen LogP contribution in [0.5, 0.6) is 0 Å². The van der Waals surface area contributed by atoms with Gasteiger partial charge < -0.3 is 4.90 Å². The first kappa shape index (κ1) is 10.5. The Morgan fingerprint density at radius 1 is 1.07 bits per heavy atom. The normalized spacial score (nSPS) is 26.8. The van der Waals surface area contributed by atoms with E-state index in [0.717, 1.165) is 17.8 Å². The van der Waals surface area contributed by atoms with Gasteiger partial charge in [-0.15, -0.1) is 0 Å². The standard InChI is InChI=1S/C13H25N/c1-11(2)13-9-14(10-13)8-12-6-4-3-5-7-12/h11-13H,3-10H2,1-2H3. The third-order valence-electron chi connectivity index (χ3n) is 4.17. The van der Waals surface area contributed by atoms with Gasteiger partial charge in [0.2, 0.25) is 0 Å². The van der Waals surface area contributed by atoms with Crippen molar-refractivity contribution in [1.82, 2.24) is 4.90 Å². The van der Waals surface area contributed by atoms with Crippen molar-refractivity contribution in [3.8, 4) is 0 Å². The quantitative estimate of drug-likeness (QED) is 0.668. The molecule has 82 valence electrons. The van der Waals surface area contributed by atoms with Gasteiger partial charge in [0.15, 0.2) is 0 Å². The van der Waals surface area contributed by atoms with Crippen LogP contribution in [-0.4, -0.2) is 24.5 Å². The molecule has 0 aromatic rings. The SMILES string of the molecule is CC(C)C1CN(CC2CCCCC2)C1. The number of likely N-dealkylation sites (tertiary alicyclic amines) is 1. The van der Waals surface area contributed by atoms with Gasteiger partial charge in [-0.2, -0.15) is 0 Å². The van der Waals surface area contributed by atoms with Crippen LogP contribution in [0.25, 0.3) is 0 Å². The van der Waals surface area contributed by atoms with E-state index < -0.39 is 0 Å². The van der Waals surface area contributed by atoms with Gasteiger partial charge in [0, 0.05) is 19.6 Å². The van der Waals surface area contributed by atoms with Gasteiger partial charge in [0.1, 0.15) is 0 Å². The highest BCUT2D eigenvalue weighted by Gasteiger charge is 2.30. The predicted molar refractivity (Wildman–Crippen MR) is 61.3 cm³/mol.